The highest BCUT2D eigenvalue weighted by Gasteiger charge is 2.12. The van der Waals surface area contributed by atoms with Crippen LogP contribution < -0.4 is 10.6 Å². The molecular formula is C10H12N6OS. The first-order valence-electron chi connectivity index (χ1n) is 5.23. The fourth-order valence-electron chi connectivity index (χ4n) is 1.30. The molecule has 0 aliphatic carbocycles. The van der Waals surface area contributed by atoms with Crippen molar-refractivity contribution in [3.8, 4) is 0 Å². The van der Waals surface area contributed by atoms with Crippen molar-refractivity contribution in [2.45, 2.75) is 13.8 Å². The summed E-state index contributed by atoms with van der Waals surface area (Å²) in [6.45, 7) is 3.62. The van der Waals surface area contributed by atoms with Gasteiger partial charge in [-0.15, -0.1) is 10.2 Å². The summed E-state index contributed by atoms with van der Waals surface area (Å²) in [5.41, 5.74) is 1.01. The van der Waals surface area contributed by atoms with Crippen LogP contribution in [0.2, 0.25) is 0 Å². The van der Waals surface area contributed by atoms with Crippen LogP contribution in [-0.4, -0.2) is 33.1 Å². The first-order chi connectivity index (χ1) is 8.58. The highest BCUT2D eigenvalue weighted by atomic mass is 32.1. The van der Waals surface area contributed by atoms with Gasteiger partial charge in [-0.3, -0.25) is 10.1 Å². The molecule has 0 bridgehead atoms. The molecule has 0 aromatic carbocycles. The number of anilines is 2. The first-order valence-corrected chi connectivity index (χ1v) is 6.05. The molecule has 2 N–H and O–H groups in total. The normalized spacial score (nSPS) is 10.2. The molecule has 0 aliphatic heterocycles. The maximum absolute atomic E-state index is 12.0. The second kappa shape index (κ2) is 5.05. The molecule has 0 aliphatic rings. The third-order valence-corrected chi connectivity index (χ3v) is 2.81. The predicted octanol–water partition coefficient (Wildman–Crippen LogP) is 1.24. The number of hydrogen-bond donors (Lipinski definition) is 2. The summed E-state index contributed by atoms with van der Waals surface area (Å²) in [7, 11) is 1.70. The second-order valence-electron chi connectivity index (χ2n) is 3.55. The van der Waals surface area contributed by atoms with Gasteiger partial charge in [0.05, 0.1) is 0 Å². The van der Waals surface area contributed by atoms with E-state index in [2.05, 4.69) is 30.8 Å². The molecule has 2 aromatic heterocycles. The van der Waals surface area contributed by atoms with Gasteiger partial charge < -0.3 is 5.32 Å². The van der Waals surface area contributed by atoms with Crippen LogP contribution >= 0.6 is 11.3 Å². The molecule has 0 atom stereocenters. The van der Waals surface area contributed by atoms with E-state index in [1.165, 1.54) is 11.3 Å². The summed E-state index contributed by atoms with van der Waals surface area (Å²) in [4.78, 5) is 20.1. The van der Waals surface area contributed by atoms with Crippen molar-refractivity contribution in [2.75, 3.05) is 17.7 Å². The number of nitrogens with one attached hydrogen (secondary N) is 2. The molecule has 2 rings (SSSR count). The van der Waals surface area contributed by atoms with Crippen LogP contribution in [0.15, 0.2) is 6.07 Å². The van der Waals surface area contributed by atoms with Gasteiger partial charge in [-0.2, -0.15) is 0 Å². The first kappa shape index (κ1) is 12.4. The fourth-order valence-corrected chi connectivity index (χ4v) is 1.89. The Labute approximate surface area is 108 Å². The summed E-state index contributed by atoms with van der Waals surface area (Å²) < 4.78 is 0. The van der Waals surface area contributed by atoms with E-state index in [0.717, 1.165) is 5.01 Å². The Kier molecular flexibility index (Phi) is 3.47. The smallest absolute Gasteiger partial charge is 0.276 e. The van der Waals surface area contributed by atoms with Gasteiger partial charge >= 0.3 is 0 Å². The topological polar surface area (TPSA) is 92.7 Å². The molecule has 0 fully saturated rings. The van der Waals surface area contributed by atoms with Crippen molar-refractivity contribution in [3.63, 3.8) is 0 Å². The minimum Gasteiger partial charge on any atom is -0.357 e. The van der Waals surface area contributed by atoms with E-state index in [1.54, 1.807) is 20.0 Å². The molecule has 8 heteroatoms. The SMILES string of the molecule is CNc1nc(C)cc(C(=O)Nc2nnc(C)s2)n1. The Morgan fingerprint density at radius 2 is 2.06 bits per heavy atom. The number of carbonyl (C=O) groups excluding carboxylic acids is 1. The van der Waals surface area contributed by atoms with Gasteiger partial charge in [0.15, 0.2) is 0 Å². The second-order valence-corrected chi connectivity index (χ2v) is 4.73. The van der Waals surface area contributed by atoms with E-state index < -0.39 is 0 Å². The summed E-state index contributed by atoms with van der Waals surface area (Å²) >= 11 is 1.31. The lowest BCUT2D eigenvalue weighted by Crippen LogP contribution is -2.15. The maximum atomic E-state index is 12.0. The summed E-state index contributed by atoms with van der Waals surface area (Å²) in [5, 5.41) is 14.3. The molecule has 7 nitrogen and oxygen atoms in total. The van der Waals surface area contributed by atoms with E-state index in [-0.39, 0.29) is 5.91 Å². The van der Waals surface area contributed by atoms with E-state index in [1.807, 2.05) is 6.92 Å². The van der Waals surface area contributed by atoms with Crippen molar-refractivity contribution in [3.05, 3.63) is 22.5 Å². The van der Waals surface area contributed by atoms with Crippen molar-refractivity contribution in [1.82, 2.24) is 20.2 Å². The highest BCUT2D eigenvalue weighted by Crippen LogP contribution is 2.15. The van der Waals surface area contributed by atoms with Gasteiger partial charge in [0.2, 0.25) is 11.1 Å². The molecule has 1 amide bonds. The molecule has 94 valence electrons. The molecule has 0 saturated carbocycles. The van der Waals surface area contributed by atoms with Crippen LogP contribution in [0.3, 0.4) is 0 Å². The Morgan fingerprint density at radius 1 is 1.28 bits per heavy atom. The zero-order chi connectivity index (χ0) is 13.1. The summed E-state index contributed by atoms with van der Waals surface area (Å²) in [6, 6.07) is 1.62. The number of hydrogen-bond acceptors (Lipinski definition) is 7. The van der Waals surface area contributed by atoms with Crippen molar-refractivity contribution in [2.24, 2.45) is 0 Å². The van der Waals surface area contributed by atoms with Gasteiger partial charge in [-0.1, -0.05) is 11.3 Å². The average molecular weight is 264 g/mol. The molecule has 18 heavy (non-hydrogen) atoms. The number of nitrogens with zero attached hydrogens (tertiary/aromatic N) is 4. The summed E-state index contributed by atoms with van der Waals surface area (Å²) in [6.07, 6.45) is 0. The van der Waals surface area contributed by atoms with Gasteiger partial charge in [0.1, 0.15) is 10.7 Å². The molecule has 2 heterocycles. The Morgan fingerprint density at radius 3 is 2.67 bits per heavy atom. The monoisotopic (exact) mass is 264 g/mol. The van der Waals surface area contributed by atoms with E-state index in [0.29, 0.717) is 22.5 Å². The fraction of sp³-hybridized carbons (Fsp3) is 0.300. The van der Waals surface area contributed by atoms with E-state index >= 15 is 0 Å². The minimum atomic E-state index is -0.326. The van der Waals surface area contributed by atoms with Crippen LogP contribution in [0.5, 0.6) is 0 Å². The quantitative estimate of drug-likeness (QED) is 0.866. The number of aryl methyl sites for hydroxylation is 2. The number of aromatic nitrogens is 4. The number of rotatable bonds is 3. The van der Waals surface area contributed by atoms with Crippen LogP contribution in [0.1, 0.15) is 21.2 Å². The Bertz CT molecular complexity index is 581. The minimum absolute atomic E-state index is 0.291. The van der Waals surface area contributed by atoms with E-state index in [9.17, 15) is 4.79 Å². The zero-order valence-electron chi connectivity index (χ0n) is 10.2. The maximum Gasteiger partial charge on any atom is 0.276 e. The van der Waals surface area contributed by atoms with Crippen LogP contribution in [0.4, 0.5) is 11.1 Å². The van der Waals surface area contributed by atoms with Crippen LogP contribution in [0, 0.1) is 13.8 Å². The molecule has 0 unspecified atom stereocenters. The van der Waals surface area contributed by atoms with E-state index in [4.69, 9.17) is 0 Å². The number of carbonyl (C=O) groups is 1. The predicted molar refractivity (Wildman–Crippen MR) is 68.9 cm³/mol. The highest BCUT2D eigenvalue weighted by molar-refractivity contribution is 7.15. The lowest BCUT2D eigenvalue weighted by molar-refractivity contribution is 0.102. The molecule has 2 aromatic rings. The summed E-state index contributed by atoms with van der Waals surface area (Å²) in [5.74, 6) is 0.0849. The largest absolute Gasteiger partial charge is 0.357 e. The lowest BCUT2D eigenvalue weighted by atomic mass is 10.3. The van der Waals surface area contributed by atoms with Gasteiger partial charge in [-0.05, 0) is 19.9 Å². The van der Waals surface area contributed by atoms with Gasteiger partial charge in [0.25, 0.3) is 5.91 Å². The molecule has 0 radical (unpaired) electrons. The Hall–Kier alpha value is -2.09. The third-order valence-electron chi connectivity index (χ3n) is 2.06. The molecular weight excluding hydrogens is 252 g/mol. The van der Waals surface area contributed by atoms with Crippen molar-refractivity contribution < 1.29 is 4.79 Å². The molecule has 0 saturated heterocycles. The Balaban J connectivity index is 2.20. The van der Waals surface area contributed by atoms with Gasteiger partial charge in [-0.25, -0.2) is 9.97 Å². The molecule has 0 spiro atoms. The number of amides is 1. The average Bonchev–Trinajstić information content (AvgIpc) is 2.73. The van der Waals surface area contributed by atoms with Crippen molar-refractivity contribution >= 4 is 28.3 Å². The standard InChI is InChI=1S/C10H12N6OS/c1-5-4-7(13-9(11-3)12-5)8(17)14-10-16-15-6(2)18-10/h4H,1-3H3,(H,11,12,13)(H,14,16,17). The van der Waals surface area contributed by atoms with Crippen LogP contribution in [-0.2, 0) is 0 Å². The third kappa shape index (κ3) is 2.77. The zero-order valence-corrected chi connectivity index (χ0v) is 11.0. The van der Waals surface area contributed by atoms with Gasteiger partial charge in [0, 0.05) is 12.7 Å². The van der Waals surface area contributed by atoms with Crippen molar-refractivity contribution in [1.29, 1.82) is 0 Å². The van der Waals surface area contributed by atoms with Crippen LogP contribution in [0.25, 0.3) is 0 Å². The lowest BCUT2D eigenvalue weighted by Gasteiger charge is -2.04.